The lowest BCUT2D eigenvalue weighted by Gasteiger charge is -2.33. The van der Waals surface area contributed by atoms with Crippen LogP contribution >= 0.6 is 0 Å². The van der Waals surface area contributed by atoms with Crippen LogP contribution < -0.4 is 5.46 Å². The van der Waals surface area contributed by atoms with Gasteiger partial charge in [-0.05, 0) is 70.0 Å². The molecule has 3 aliphatic rings. The van der Waals surface area contributed by atoms with Crippen LogP contribution in [-0.2, 0) is 27.1 Å². The molecule has 2 saturated heterocycles. The highest BCUT2D eigenvalue weighted by atomic mass is 16.7. The van der Waals surface area contributed by atoms with Gasteiger partial charge in [-0.2, -0.15) is 0 Å². The molecule has 0 saturated carbocycles. The number of amides is 1. The Labute approximate surface area is 203 Å². The predicted molar refractivity (Wildman–Crippen MR) is 134 cm³/mol. The molecule has 3 heterocycles. The summed E-state index contributed by atoms with van der Waals surface area (Å²) in [6, 6.07) is 18.8. The number of nitrogens with zero attached hydrogens (tertiary/aromatic N) is 1. The highest BCUT2D eigenvalue weighted by Crippen LogP contribution is 2.37. The topological polar surface area (TPSA) is 48.0 Å². The molecule has 0 aromatic heterocycles. The van der Waals surface area contributed by atoms with Crippen molar-refractivity contribution in [2.45, 2.75) is 83.3 Å². The largest absolute Gasteiger partial charge is 0.494 e. The minimum atomic E-state index is -0.337. The standard InChI is InChI=1S/C28H34BNO4/c1-27(2)28(3,4)34-29(33-27)23-12-10-20(11-13-23)16-22-17-24-14-15-25(18-22)30(24)26(31)32-19-21-8-6-5-7-9-21/h5-13,17,24-25H,14-16,18-19H2,1-4H3. The van der Waals surface area contributed by atoms with Gasteiger partial charge in [-0.3, -0.25) is 4.90 Å². The van der Waals surface area contributed by atoms with Gasteiger partial charge in [0.25, 0.3) is 0 Å². The summed E-state index contributed by atoms with van der Waals surface area (Å²) >= 11 is 0. The Bertz CT molecular complexity index is 1050. The third kappa shape index (κ3) is 4.54. The number of hydrogen-bond donors (Lipinski definition) is 0. The van der Waals surface area contributed by atoms with Crippen molar-refractivity contribution in [1.29, 1.82) is 0 Å². The molecule has 0 N–H and O–H groups in total. The molecular weight excluding hydrogens is 425 g/mol. The first-order valence-electron chi connectivity index (χ1n) is 12.3. The number of carbonyl (C=O) groups excluding carboxylic acids is 1. The summed E-state index contributed by atoms with van der Waals surface area (Å²) < 4.78 is 18.0. The number of carbonyl (C=O) groups is 1. The van der Waals surface area contributed by atoms with Gasteiger partial charge >= 0.3 is 13.2 Å². The van der Waals surface area contributed by atoms with Gasteiger partial charge in [0.15, 0.2) is 0 Å². The summed E-state index contributed by atoms with van der Waals surface area (Å²) in [6.45, 7) is 8.62. The maximum atomic E-state index is 12.8. The van der Waals surface area contributed by atoms with Crippen LogP contribution in [0.2, 0.25) is 0 Å². The Hall–Kier alpha value is -2.57. The molecule has 34 heavy (non-hydrogen) atoms. The molecule has 0 aliphatic carbocycles. The zero-order valence-corrected chi connectivity index (χ0v) is 20.6. The van der Waals surface area contributed by atoms with Crippen molar-refractivity contribution < 1.29 is 18.8 Å². The maximum Gasteiger partial charge on any atom is 0.494 e. The van der Waals surface area contributed by atoms with E-state index in [1.54, 1.807) is 0 Å². The van der Waals surface area contributed by atoms with Crippen molar-refractivity contribution in [1.82, 2.24) is 4.90 Å². The van der Waals surface area contributed by atoms with E-state index in [2.05, 4.69) is 58.0 Å². The van der Waals surface area contributed by atoms with E-state index in [1.807, 2.05) is 35.2 Å². The fraction of sp³-hybridized carbons (Fsp3) is 0.464. The Kier molecular flexibility index (Phi) is 6.07. The van der Waals surface area contributed by atoms with Crippen LogP contribution in [0.4, 0.5) is 4.79 Å². The summed E-state index contributed by atoms with van der Waals surface area (Å²) in [5, 5.41) is 0. The average molecular weight is 459 g/mol. The van der Waals surface area contributed by atoms with Gasteiger partial charge in [0.1, 0.15) is 6.61 Å². The Balaban J connectivity index is 1.20. The highest BCUT2D eigenvalue weighted by Gasteiger charge is 2.51. The predicted octanol–water partition coefficient (Wildman–Crippen LogP) is 5.03. The number of fused-ring (bicyclic) bond motifs is 2. The van der Waals surface area contributed by atoms with Crippen LogP contribution in [0, 0.1) is 0 Å². The molecule has 178 valence electrons. The second kappa shape index (κ2) is 8.90. The Morgan fingerprint density at radius 2 is 1.65 bits per heavy atom. The third-order valence-electron chi connectivity index (χ3n) is 7.82. The monoisotopic (exact) mass is 459 g/mol. The number of rotatable bonds is 5. The summed E-state index contributed by atoms with van der Waals surface area (Å²) in [6.07, 6.45) is 5.95. The van der Waals surface area contributed by atoms with E-state index >= 15 is 0 Å². The third-order valence-corrected chi connectivity index (χ3v) is 7.82. The van der Waals surface area contributed by atoms with E-state index in [0.29, 0.717) is 6.61 Å². The molecule has 5 nitrogen and oxygen atoms in total. The smallest absolute Gasteiger partial charge is 0.445 e. The second-order valence-corrected chi connectivity index (χ2v) is 10.8. The molecule has 0 radical (unpaired) electrons. The lowest BCUT2D eigenvalue weighted by Crippen LogP contribution is -2.43. The molecule has 0 spiro atoms. The van der Waals surface area contributed by atoms with Crippen molar-refractivity contribution in [3.05, 3.63) is 77.4 Å². The minimum absolute atomic E-state index is 0.140. The normalized spacial score (nSPS) is 24.8. The first kappa shape index (κ1) is 23.2. The highest BCUT2D eigenvalue weighted by molar-refractivity contribution is 6.62. The van der Waals surface area contributed by atoms with Gasteiger partial charge in [-0.1, -0.05) is 66.2 Å². The van der Waals surface area contributed by atoms with Crippen molar-refractivity contribution in [2.24, 2.45) is 0 Å². The van der Waals surface area contributed by atoms with E-state index in [0.717, 1.165) is 36.7 Å². The van der Waals surface area contributed by atoms with Crippen LogP contribution in [0.1, 0.15) is 58.1 Å². The molecule has 5 rings (SSSR count). The fourth-order valence-corrected chi connectivity index (χ4v) is 5.16. The van der Waals surface area contributed by atoms with E-state index < -0.39 is 0 Å². The van der Waals surface area contributed by atoms with E-state index in [-0.39, 0.29) is 36.5 Å². The Morgan fingerprint density at radius 3 is 2.29 bits per heavy atom. The molecule has 2 unspecified atom stereocenters. The number of hydrogen-bond acceptors (Lipinski definition) is 4. The van der Waals surface area contributed by atoms with Gasteiger partial charge in [0, 0.05) is 6.04 Å². The van der Waals surface area contributed by atoms with E-state index in [4.69, 9.17) is 14.0 Å². The molecule has 6 heteroatoms. The summed E-state index contributed by atoms with van der Waals surface area (Å²) in [5.74, 6) is 0. The van der Waals surface area contributed by atoms with E-state index in [9.17, 15) is 4.79 Å². The van der Waals surface area contributed by atoms with Crippen molar-refractivity contribution in [3.63, 3.8) is 0 Å². The zero-order valence-electron chi connectivity index (χ0n) is 20.6. The quantitative estimate of drug-likeness (QED) is 0.465. The number of benzene rings is 2. The lowest BCUT2D eigenvalue weighted by atomic mass is 9.78. The molecule has 2 aromatic carbocycles. The van der Waals surface area contributed by atoms with Crippen molar-refractivity contribution in [3.8, 4) is 0 Å². The lowest BCUT2D eigenvalue weighted by molar-refractivity contribution is 0.00578. The van der Waals surface area contributed by atoms with Gasteiger partial charge in [0.05, 0.1) is 17.2 Å². The number of ether oxygens (including phenoxy) is 1. The van der Waals surface area contributed by atoms with Crippen LogP contribution in [-0.4, -0.2) is 41.4 Å². The van der Waals surface area contributed by atoms with Crippen LogP contribution in [0.15, 0.2) is 66.2 Å². The molecular formula is C28H34BNO4. The molecule has 2 bridgehead atoms. The van der Waals surface area contributed by atoms with E-state index in [1.165, 1.54) is 11.1 Å². The second-order valence-electron chi connectivity index (χ2n) is 10.8. The van der Waals surface area contributed by atoms with Crippen LogP contribution in [0.25, 0.3) is 0 Å². The van der Waals surface area contributed by atoms with Crippen molar-refractivity contribution >= 4 is 18.7 Å². The SMILES string of the molecule is CC1(C)OB(c2ccc(CC3=CC4CCC(C3)N4C(=O)OCc3ccccc3)cc2)OC1(C)C. The van der Waals surface area contributed by atoms with Gasteiger partial charge in [0.2, 0.25) is 0 Å². The van der Waals surface area contributed by atoms with Crippen LogP contribution in [0.3, 0.4) is 0 Å². The van der Waals surface area contributed by atoms with Crippen LogP contribution in [0.5, 0.6) is 0 Å². The zero-order chi connectivity index (χ0) is 23.9. The van der Waals surface area contributed by atoms with Crippen molar-refractivity contribution in [2.75, 3.05) is 0 Å². The first-order valence-corrected chi connectivity index (χ1v) is 12.3. The molecule has 2 atom stereocenters. The maximum absolute atomic E-state index is 12.8. The fourth-order valence-electron chi connectivity index (χ4n) is 5.16. The Morgan fingerprint density at radius 1 is 0.971 bits per heavy atom. The van der Waals surface area contributed by atoms with Gasteiger partial charge in [-0.25, -0.2) is 4.79 Å². The average Bonchev–Trinajstić information content (AvgIpc) is 3.20. The van der Waals surface area contributed by atoms with Gasteiger partial charge < -0.3 is 14.0 Å². The van der Waals surface area contributed by atoms with Gasteiger partial charge in [-0.15, -0.1) is 0 Å². The summed E-state index contributed by atoms with van der Waals surface area (Å²) in [7, 11) is -0.334. The molecule has 3 aliphatic heterocycles. The minimum Gasteiger partial charge on any atom is -0.445 e. The summed E-state index contributed by atoms with van der Waals surface area (Å²) in [5.41, 5.74) is 4.06. The molecule has 1 amide bonds. The molecule has 2 fully saturated rings. The first-order chi connectivity index (χ1) is 16.2. The molecule has 2 aromatic rings. The summed E-state index contributed by atoms with van der Waals surface area (Å²) in [4.78, 5) is 14.8.